The van der Waals surface area contributed by atoms with E-state index in [0.29, 0.717) is 23.7 Å². The molecule has 1 heterocycles. The lowest BCUT2D eigenvalue weighted by atomic mass is 10.1. The summed E-state index contributed by atoms with van der Waals surface area (Å²) < 4.78 is 2.06. The second-order valence-electron chi connectivity index (χ2n) is 4.97. The summed E-state index contributed by atoms with van der Waals surface area (Å²) in [5.41, 5.74) is 1.82. The molecule has 0 unspecified atom stereocenters. The number of carbonyl (C=O) groups is 1. The monoisotopic (exact) mass is 265 g/mol. The van der Waals surface area contributed by atoms with Gasteiger partial charge in [-0.1, -0.05) is 24.3 Å². The van der Waals surface area contributed by atoms with Gasteiger partial charge in [0.1, 0.15) is 5.78 Å². The second-order valence-corrected chi connectivity index (χ2v) is 4.97. The Balaban J connectivity index is 2.40. The predicted molar refractivity (Wildman–Crippen MR) is 81.0 cm³/mol. The van der Waals surface area contributed by atoms with Gasteiger partial charge in [0.2, 0.25) is 0 Å². The largest absolute Gasteiger partial charge is 0.340 e. The average molecular weight is 265 g/mol. The highest BCUT2D eigenvalue weighted by atomic mass is 16.1. The first-order valence-electron chi connectivity index (χ1n) is 6.68. The van der Waals surface area contributed by atoms with Gasteiger partial charge in [-0.2, -0.15) is 0 Å². The molecule has 0 aliphatic carbocycles. The van der Waals surface area contributed by atoms with Gasteiger partial charge < -0.3 is 4.57 Å². The van der Waals surface area contributed by atoms with E-state index in [1.54, 1.807) is 6.92 Å². The quantitative estimate of drug-likeness (QED) is 0.682. The zero-order valence-corrected chi connectivity index (χ0v) is 11.3. The molecule has 0 N–H and O–H groups in total. The topological polar surface area (TPSA) is 39.1 Å². The minimum atomic E-state index is 0.0512. The molecule has 0 saturated carbocycles. The molecule has 3 nitrogen and oxygen atoms in total. The van der Waals surface area contributed by atoms with Crippen LogP contribution in [-0.2, 0) is 11.3 Å². The van der Waals surface area contributed by atoms with E-state index in [1.165, 1.54) is 0 Å². The minimum Gasteiger partial charge on any atom is -0.340 e. The van der Waals surface area contributed by atoms with E-state index in [1.807, 2.05) is 48.5 Å². The van der Waals surface area contributed by atoms with Crippen molar-refractivity contribution in [1.29, 1.82) is 0 Å². The number of ketones is 1. The van der Waals surface area contributed by atoms with Crippen LogP contribution in [0.4, 0.5) is 0 Å². The third-order valence-corrected chi connectivity index (χ3v) is 3.57. The zero-order valence-electron chi connectivity index (χ0n) is 11.3. The lowest BCUT2D eigenvalue weighted by molar-refractivity contribution is -0.117. The third kappa shape index (κ3) is 2.01. The van der Waals surface area contributed by atoms with Crippen LogP contribution in [-0.4, -0.2) is 10.4 Å². The summed E-state index contributed by atoms with van der Waals surface area (Å²) in [5, 5.41) is 1.41. The number of Topliss-reactive ketones (excluding diaryl/α,β-unsaturated/α-hetero) is 1. The molecule has 20 heavy (non-hydrogen) atoms. The van der Waals surface area contributed by atoms with Crippen LogP contribution in [0.2, 0.25) is 0 Å². The summed E-state index contributed by atoms with van der Waals surface area (Å²) in [7, 11) is 0. The van der Waals surface area contributed by atoms with Crippen molar-refractivity contribution in [1.82, 2.24) is 4.57 Å². The normalized spacial score (nSPS) is 11.1. The van der Waals surface area contributed by atoms with Gasteiger partial charge in [0.25, 0.3) is 0 Å². The fourth-order valence-electron chi connectivity index (χ4n) is 2.59. The van der Waals surface area contributed by atoms with Crippen LogP contribution in [0.5, 0.6) is 0 Å². The minimum absolute atomic E-state index is 0.0512. The van der Waals surface area contributed by atoms with E-state index >= 15 is 0 Å². The Morgan fingerprint density at radius 3 is 1.95 bits per heavy atom. The van der Waals surface area contributed by atoms with Crippen molar-refractivity contribution < 1.29 is 4.79 Å². The van der Waals surface area contributed by atoms with Crippen LogP contribution >= 0.6 is 0 Å². The number of nitrogens with zero attached hydrogens (tertiary/aromatic N) is 1. The number of fused-ring (bicyclic) bond motifs is 2. The van der Waals surface area contributed by atoms with Crippen LogP contribution in [0.25, 0.3) is 21.8 Å². The molecular formula is C17H15NO2. The molecule has 3 aromatic rings. The van der Waals surface area contributed by atoms with E-state index in [0.717, 1.165) is 11.0 Å². The maximum Gasteiger partial charge on any atom is 0.197 e. The van der Waals surface area contributed by atoms with Gasteiger partial charge in [0.05, 0.1) is 11.0 Å². The van der Waals surface area contributed by atoms with E-state index in [2.05, 4.69) is 4.57 Å². The molecule has 0 aliphatic heterocycles. The Labute approximate surface area is 116 Å². The van der Waals surface area contributed by atoms with E-state index in [-0.39, 0.29) is 11.2 Å². The number of aryl methyl sites for hydroxylation is 1. The summed E-state index contributed by atoms with van der Waals surface area (Å²) in [5.74, 6) is 0.150. The highest BCUT2D eigenvalue weighted by Gasteiger charge is 2.10. The number of aromatic nitrogens is 1. The number of hydrogen-bond donors (Lipinski definition) is 0. The van der Waals surface area contributed by atoms with Gasteiger partial charge in [0.15, 0.2) is 5.43 Å². The zero-order chi connectivity index (χ0) is 14.1. The summed E-state index contributed by atoms with van der Waals surface area (Å²) in [6.45, 7) is 2.18. The predicted octanol–water partition coefficient (Wildman–Crippen LogP) is 3.13. The number of rotatable bonds is 3. The summed E-state index contributed by atoms with van der Waals surface area (Å²) >= 11 is 0. The lowest BCUT2D eigenvalue weighted by Crippen LogP contribution is -2.12. The molecule has 2 aromatic carbocycles. The molecule has 0 radical (unpaired) electrons. The highest BCUT2D eigenvalue weighted by Crippen LogP contribution is 2.19. The van der Waals surface area contributed by atoms with Gasteiger partial charge >= 0.3 is 0 Å². The molecule has 0 spiro atoms. The fourth-order valence-corrected chi connectivity index (χ4v) is 2.59. The SMILES string of the molecule is CC(=O)CCn1c2ccccc2c(=O)c2ccccc21. The summed E-state index contributed by atoms with van der Waals surface area (Å²) in [6.07, 6.45) is 0.469. The Morgan fingerprint density at radius 2 is 1.45 bits per heavy atom. The first kappa shape index (κ1) is 12.6. The third-order valence-electron chi connectivity index (χ3n) is 3.57. The van der Waals surface area contributed by atoms with Crippen molar-refractivity contribution in [2.24, 2.45) is 0 Å². The van der Waals surface area contributed by atoms with Gasteiger partial charge in [-0.05, 0) is 31.2 Å². The number of para-hydroxylation sites is 2. The molecule has 3 rings (SSSR count). The summed E-state index contributed by atoms with van der Waals surface area (Å²) in [4.78, 5) is 23.8. The van der Waals surface area contributed by atoms with Crippen molar-refractivity contribution in [3.05, 3.63) is 58.8 Å². The van der Waals surface area contributed by atoms with Crippen molar-refractivity contribution >= 4 is 27.6 Å². The molecular weight excluding hydrogens is 250 g/mol. The molecule has 0 fully saturated rings. The standard InChI is InChI=1S/C17H15NO2/c1-12(19)10-11-18-15-8-4-2-6-13(15)17(20)14-7-3-5-9-16(14)18/h2-9H,10-11H2,1H3. The maximum atomic E-state index is 12.5. The van der Waals surface area contributed by atoms with Crippen molar-refractivity contribution in [2.75, 3.05) is 0 Å². The van der Waals surface area contributed by atoms with Gasteiger partial charge in [0, 0.05) is 23.7 Å². The van der Waals surface area contributed by atoms with Crippen molar-refractivity contribution in [3.63, 3.8) is 0 Å². The molecule has 0 aliphatic rings. The molecule has 0 amide bonds. The van der Waals surface area contributed by atoms with E-state index in [4.69, 9.17) is 0 Å². The molecule has 3 heteroatoms. The van der Waals surface area contributed by atoms with Gasteiger partial charge in [-0.25, -0.2) is 0 Å². The summed E-state index contributed by atoms with van der Waals surface area (Å²) in [6, 6.07) is 15.1. The Bertz CT molecular complexity index is 802. The number of hydrogen-bond acceptors (Lipinski definition) is 2. The molecule has 0 atom stereocenters. The maximum absolute atomic E-state index is 12.5. The smallest absolute Gasteiger partial charge is 0.197 e. The van der Waals surface area contributed by atoms with Crippen LogP contribution in [0.3, 0.4) is 0 Å². The number of carbonyl (C=O) groups excluding carboxylic acids is 1. The molecule has 100 valence electrons. The Morgan fingerprint density at radius 1 is 0.950 bits per heavy atom. The van der Waals surface area contributed by atoms with Crippen molar-refractivity contribution in [3.8, 4) is 0 Å². The van der Waals surface area contributed by atoms with Crippen LogP contribution in [0.1, 0.15) is 13.3 Å². The first-order chi connectivity index (χ1) is 9.68. The number of pyridine rings is 1. The Hall–Kier alpha value is -2.42. The van der Waals surface area contributed by atoms with Gasteiger partial charge in [-0.15, -0.1) is 0 Å². The fraction of sp³-hybridized carbons (Fsp3) is 0.176. The van der Waals surface area contributed by atoms with E-state index < -0.39 is 0 Å². The van der Waals surface area contributed by atoms with Gasteiger partial charge in [-0.3, -0.25) is 9.59 Å². The first-order valence-corrected chi connectivity index (χ1v) is 6.68. The highest BCUT2D eigenvalue weighted by molar-refractivity contribution is 5.93. The lowest BCUT2D eigenvalue weighted by Gasteiger charge is -2.14. The van der Waals surface area contributed by atoms with Crippen molar-refractivity contribution in [2.45, 2.75) is 19.9 Å². The average Bonchev–Trinajstić information content (AvgIpc) is 2.47. The molecule has 0 bridgehead atoms. The Kier molecular flexibility index (Phi) is 3.11. The van der Waals surface area contributed by atoms with Crippen LogP contribution < -0.4 is 5.43 Å². The second kappa shape index (κ2) is 4.93. The molecule has 0 saturated heterocycles. The van der Waals surface area contributed by atoms with Crippen LogP contribution in [0.15, 0.2) is 53.3 Å². The van der Waals surface area contributed by atoms with Crippen LogP contribution in [0, 0.1) is 0 Å². The molecule has 1 aromatic heterocycles. The van der Waals surface area contributed by atoms with E-state index in [9.17, 15) is 9.59 Å². The number of benzene rings is 2.